The van der Waals surface area contributed by atoms with Crippen molar-refractivity contribution in [3.8, 4) is 11.5 Å². The number of amides is 1. The smallest absolute Gasteiger partial charge is 0.305 e. The Morgan fingerprint density at radius 2 is 1.31 bits per heavy atom. The van der Waals surface area contributed by atoms with E-state index in [4.69, 9.17) is 9.84 Å². The lowest BCUT2D eigenvalue weighted by molar-refractivity contribution is -0.136. The number of benzene rings is 4. The van der Waals surface area contributed by atoms with Crippen LogP contribution >= 0.6 is 0 Å². The fourth-order valence-corrected chi connectivity index (χ4v) is 5.81. The van der Waals surface area contributed by atoms with Gasteiger partial charge in [-0.1, -0.05) is 73.9 Å². The summed E-state index contributed by atoms with van der Waals surface area (Å²) in [5, 5.41) is 11.4. The van der Waals surface area contributed by atoms with Gasteiger partial charge in [0.1, 0.15) is 11.5 Å². The van der Waals surface area contributed by atoms with Crippen molar-refractivity contribution in [3.05, 3.63) is 131 Å². The molecule has 2 N–H and O–H groups in total. The second kappa shape index (κ2) is 15.1. The van der Waals surface area contributed by atoms with E-state index in [2.05, 4.69) is 5.32 Å². The number of ether oxygens (including phenoxy) is 1. The van der Waals surface area contributed by atoms with E-state index in [1.807, 2.05) is 54.6 Å². The molecule has 0 heterocycles. The van der Waals surface area contributed by atoms with E-state index in [0.717, 1.165) is 12.8 Å². The molecule has 0 radical (unpaired) electrons. The van der Waals surface area contributed by atoms with E-state index in [-0.39, 0.29) is 31.0 Å². The maximum absolute atomic E-state index is 14.0. The molecule has 1 aliphatic carbocycles. The molecule has 0 aromatic heterocycles. The standard InChI is InChI=1S/C38H37NO6/c40-35(29-19-21-33(22-20-29)45-32-9-5-2-6-10-32)25-34(28-13-17-31(18-14-28)38(44)39-24-23-36(41)42)37(43)30-15-11-27(12-16-30)26-7-3-1-4-8-26/h2,5-6,9-22,26,34H,1,3-4,7-8,23-25H2,(H,39,44)(H,41,42). The Labute approximate surface area is 263 Å². The summed E-state index contributed by atoms with van der Waals surface area (Å²) in [7, 11) is 0. The first-order chi connectivity index (χ1) is 21.9. The molecule has 4 aromatic carbocycles. The van der Waals surface area contributed by atoms with Crippen LogP contribution in [0.2, 0.25) is 0 Å². The van der Waals surface area contributed by atoms with Crippen molar-refractivity contribution in [2.75, 3.05) is 6.54 Å². The van der Waals surface area contributed by atoms with E-state index in [1.54, 1.807) is 48.5 Å². The van der Waals surface area contributed by atoms with Gasteiger partial charge in [0.05, 0.1) is 12.3 Å². The van der Waals surface area contributed by atoms with Gasteiger partial charge in [-0.15, -0.1) is 0 Å². The highest BCUT2D eigenvalue weighted by molar-refractivity contribution is 6.06. The van der Waals surface area contributed by atoms with Crippen molar-refractivity contribution < 1.29 is 29.0 Å². The molecule has 45 heavy (non-hydrogen) atoms. The number of carboxylic acid groups (broad SMARTS) is 1. The summed E-state index contributed by atoms with van der Waals surface area (Å²) in [5.74, 6) is -0.711. The molecule has 7 nitrogen and oxygen atoms in total. The van der Waals surface area contributed by atoms with Crippen molar-refractivity contribution in [2.45, 2.75) is 56.8 Å². The average molecular weight is 604 g/mol. The number of hydrogen-bond donors (Lipinski definition) is 2. The molecule has 1 saturated carbocycles. The van der Waals surface area contributed by atoms with Crippen LogP contribution in [0.25, 0.3) is 0 Å². The third-order valence-corrected chi connectivity index (χ3v) is 8.33. The van der Waals surface area contributed by atoms with Crippen molar-refractivity contribution in [1.29, 1.82) is 0 Å². The molecule has 0 spiro atoms. The first-order valence-electron chi connectivity index (χ1n) is 15.5. The number of Topliss-reactive ketones (excluding diaryl/α,β-unsaturated/α-hetero) is 2. The Bertz CT molecular complexity index is 1610. The lowest BCUT2D eigenvalue weighted by Gasteiger charge is -2.22. The van der Waals surface area contributed by atoms with Crippen LogP contribution in [0.4, 0.5) is 0 Å². The summed E-state index contributed by atoms with van der Waals surface area (Å²) in [4.78, 5) is 50.8. The first-order valence-corrected chi connectivity index (χ1v) is 15.5. The average Bonchev–Trinajstić information content (AvgIpc) is 3.08. The van der Waals surface area contributed by atoms with Crippen LogP contribution in [0.1, 0.15) is 99.0 Å². The van der Waals surface area contributed by atoms with E-state index in [0.29, 0.717) is 39.7 Å². The van der Waals surface area contributed by atoms with Gasteiger partial charge in [-0.05, 0) is 78.4 Å². The zero-order valence-corrected chi connectivity index (χ0v) is 25.1. The molecule has 4 aromatic rings. The molecule has 1 fully saturated rings. The molecule has 1 unspecified atom stereocenters. The molecule has 0 bridgehead atoms. The maximum Gasteiger partial charge on any atom is 0.305 e. The largest absolute Gasteiger partial charge is 0.481 e. The molecule has 0 aliphatic heterocycles. The summed E-state index contributed by atoms with van der Waals surface area (Å²) in [6, 6.07) is 30.6. The van der Waals surface area contributed by atoms with E-state index in [9.17, 15) is 19.2 Å². The molecule has 1 amide bonds. The molecule has 5 rings (SSSR count). The monoisotopic (exact) mass is 603 g/mol. The number of ketones is 2. The Kier molecular flexibility index (Phi) is 10.5. The Hall–Kier alpha value is -5.04. The van der Waals surface area contributed by atoms with Gasteiger partial charge in [-0.3, -0.25) is 19.2 Å². The van der Waals surface area contributed by atoms with Gasteiger partial charge in [0.2, 0.25) is 0 Å². The number of hydrogen-bond acceptors (Lipinski definition) is 5. The van der Waals surface area contributed by atoms with E-state index < -0.39 is 17.8 Å². The normalized spacial score (nSPS) is 13.9. The zero-order chi connectivity index (χ0) is 31.6. The van der Waals surface area contributed by atoms with Crippen LogP contribution in [0.15, 0.2) is 103 Å². The summed E-state index contributed by atoms with van der Waals surface area (Å²) >= 11 is 0. The number of para-hydroxylation sites is 1. The minimum absolute atomic E-state index is 0.0115. The van der Waals surface area contributed by atoms with Crippen LogP contribution in [0, 0.1) is 0 Å². The van der Waals surface area contributed by atoms with Gasteiger partial charge < -0.3 is 15.2 Å². The van der Waals surface area contributed by atoms with Crippen molar-refractivity contribution in [1.82, 2.24) is 5.32 Å². The maximum atomic E-state index is 14.0. The van der Waals surface area contributed by atoms with E-state index >= 15 is 0 Å². The van der Waals surface area contributed by atoms with Crippen molar-refractivity contribution >= 4 is 23.4 Å². The number of carbonyl (C=O) groups is 4. The van der Waals surface area contributed by atoms with Crippen molar-refractivity contribution in [2.24, 2.45) is 0 Å². The third-order valence-electron chi connectivity index (χ3n) is 8.33. The first kappa shape index (κ1) is 31.4. The number of carboxylic acids is 1. The summed E-state index contributed by atoms with van der Waals surface area (Å²) < 4.78 is 5.85. The van der Waals surface area contributed by atoms with E-state index in [1.165, 1.54) is 24.8 Å². The number of aliphatic carboxylic acids is 1. The highest BCUT2D eigenvalue weighted by atomic mass is 16.5. The minimum Gasteiger partial charge on any atom is -0.481 e. The van der Waals surface area contributed by atoms with Crippen molar-refractivity contribution in [3.63, 3.8) is 0 Å². The second-order valence-corrected chi connectivity index (χ2v) is 11.5. The van der Waals surface area contributed by atoms with Gasteiger partial charge in [0.15, 0.2) is 11.6 Å². The van der Waals surface area contributed by atoms with Gasteiger partial charge in [0.25, 0.3) is 5.91 Å². The lowest BCUT2D eigenvalue weighted by Crippen LogP contribution is -2.26. The minimum atomic E-state index is -0.998. The Morgan fingerprint density at radius 3 is 1.96 bits per heavy atom. The van der Waals surface area contributed by atoms with Gasteiger partial charge in [0, 0.05) is 29.7 Å². The molecule has 1 aliphatic rings. The fraction of sp³-hybridized carbons (Fsp3) is 0.263. The highest BCUT2D eigenvalue weighted by Gasteiger charge is 2.26. The predicted octanol–water partition coefficient (Wildman–Crippen LogP) is 7.97. The molecule has 1 atom stereocenters. The lowest BCUT2D eigenvalue weighted by atomic mass is 9.82. The fourth-order valence-electron chi connectivity index (χ4n) is 5.81. The number of nitrogens with one attached hydrogen (secondary N) is 1. The zero-order valence-electron chi connectivity index (χ0n) is 25.1. The molecular weight excluding hydrogens is 566 g/mol. The third kappa shape index (κ3) is 8.54. The van der Waals surface area contributed by atoms with Crippen LogP contribution in [0.3, 0.4) is 0 Å². The van der Waals surface area contributed by atoms with Crippen LogP contribution in [0.5, 0.6) is 11.5 Å². The quantitative estimate of drug-likeness (QED) is 0.150. The molecule has 230 valence electrons. The molecular formula is C38H37NO6. The Morgan fingerprint density at radius 1 is 0.711 bits per heavy atom. The summed E-state index contributed by atoms with van der Waals surface area (Å²) in [6.07, 6.45) is 5.82. The predicted molar refractivity (Wildman–Crippen MR) is 172 cm³/mol. The van der Waals surface area contributed by atoms with Crippen LogP contribution in [-0.4, -0.2) is 35.1 Å². The topological polar surface area (TPSA) is 110 Å². The highest BCUT2D eigenvalue weighted by Crippen LogP contribution is 2.34. The number of rotatable bonds is 13. The van der Waals surface area contributed by atoms with Crippen LogP contribution in [-0.2, 0) is 4.79 Å². The Balaban J connectivity index is 1.34. The molecule has 7 heteroatoms. The SMILES string of the molecule is O=C(O)CCNC(=O)c1ccc(C(CC(=O)c2ccc(Oc3ccccc3)cc2)C(=O)c2ccc(C3CCCCC3)cc2)cc1. The summed E-state index contributed by atoms with van der Waals surface area (Å²) in [5.41, 5.74) is 3.21. The van der Waals surface area contributed by atoms with Gasteiger partial charge in [-0.2, -0.15) is 0 Å². The van der Waals surface area contributed by atoms with Gasteiger partial charge >= 0.3 is 5.97 Å². The summed E-state index contributed by atoms with van der Waals surface area (Å²) in [6.45, 7) is 0.0115. The molecule has 0 saturated heterocycles. The number of carbonyl (C=O) groups excluding carboxylic acids is 3. The van der Waals surface area contributed by atoms with Gasteiger partial charge in [-0.25, -0.2) is 0 Å². The second-order valence-electron chi connectivity index (χ2n) is 11.5. The van der Waals surface area contributed by atoms with Crippen LogP contribution < -0.4 is 10.1 Å².